The predicted molar refractivity (Wildman–Crippen MR) is 76.5 cm³/mol. The molecule has 3 atom stereocenters. The second-order valence-corrected chi connectivity index (χ2v) is 6.98. The second-order valence-electron chi connectivity index (χ2n) is 6.98. The fourth-order valence-electron chi connectivity index (χ4n) is 3.51. The smallest absolute Gasteiger partial charge is 0.0649 e. The minimum Gasteiger partial charge on any atom is -0.376 e. The van der Waals surface area contributed by atoms with E-state index in [1.165, 1.54) is 44.9 Å². The molecule has 2 rings (SSSR count). The summed E-state index contributed by atoms with van der Waals surface area (Å²) in [7, 11) is 0. The molecule has 0 radical (unpaired) electrons. The van der Waals surface area contributed by atoms with Crippen molar-refractivity contribution in [3.63, 3.8) is 0 Å². The Morgan fingerprint density at radius 3 is 2.28 bits per heavy atom. The van der Waals surface area contributed by atoms with Crippen LogP contribution in [0.5, 0.6) is 0 Å². The minimum atomic E-state index is -0.0250. The van der Waals surface area contributed by atoms with E-state index in [1.54, 1.807) is 0 Å². The van der Waals surface area contributed by atoms with Crippen LogP contribution in [-0.4, -0.2) is 18.2 Å². The molecule has 106 valence electrons. The summed E-state index contributed by atoms with van der Waals surface area (Å²) in [6.07, 6.45) is 11.9. The topological polar surface area (TPSA) is 35.2 Å². The maximum Gasteiger partial charge on any atom is 0.0649 e. The lowest BCUT2D eigenvalue weighted by molar-refractivity contribution is -0.0231. The molecule has 0 aromatic rings. The van der Waals surface area contributed by atoms with E-state index in [0.29, 0.717) is 6.10 Å². The van der Waals surface area contributed by atoms with Gasteiger partial charge in [0.25, 0.3) is 0 Å². The first-order valence-electron chi connectivity index (χ1n) is 7.99. The Labute approximate surface area is 113 Å². The Bertz CT molecular complexity index is 245. The molecule has 0 aromatic heterocycles. The van der Waals surface area contributed by atoms with Crippen LogP contribution in [0.4, 0.5) is 0 Å². The van der Waals surface area contributed by atoms with Crippen LogP contribution in [0, 0.1) is 11.8 Å². The molecule has 0 saturated heterocycles. The van der Waals surface area contributed by atoms with Crippen LogP contribution in [-0.2, 0) is 4.74 Å². The SMILES string of the molecule is CC1CCC(OCC2(N)CCCCCC2)CC1C. The quantitative estimate of drug-likeness (QED) is 0.775. The highest BCUT2D eigenvalue weighted by Gasteiger charge is 2.30. The van der Waals surface area contributed by atoms with Crippen LogP contribution in [0.1, 0.15) is 71.6 Å². The van der Waals surface area contributed by atoms with Crippen molar-refractivity contribution in [1.82, 2.24) is 0 Å². The van der Waals surface area contributed by atoms with E-state index in [9.17, 15) is 0 Å². The molecule has 0 spiro atoms. The van der Waals surface area contributed by atoms with Gasteiger partial charge in [-0.1, -0.05) is 39.5 Å². The minimum absolute atomic E-state index is 0.0250. The van der Waals surface area contributed by atoms with Gasteiger partial charge in [-0.05, 0) is 43.9 Å². The highest BCUT2D eigenvalue weighted by Crippen LogP contribution is 2.32. The number of rotatable bonds is 3. The molecule has 2 aliphatic rings. The second kappa shape index (κ2) is 6.38. The average molecular weight is 253 g/mol. The van der Waals surface area contributed by atoms with Crippen molar-refractivity contribution in [2.24, 2.45) is 17.6 Å². The molecule has 2 N–H and O–H groups in total. The van der Waals surface area contributed by atoms with Crippen molar-refractivity contribution in [1.29, 1.82) is 0 Å². The van der Waals surface area contributed by atoms with Crippen molar-refractivity contribution in [3.05, 3.63) is 0 Å². The van der Waals surface area contributed by atoms with E-state index in [4.69, 9.17) is 10.5 Å². The van der Waals surface area contributed by atoms with Crippen molar-refractivity contribution < 1.29 is 4.74 Å². The van der Waals surface area contributed by atoms with Gasteiger partial charge in [0.15, 0.2) is 0 Å². The van der Waals surface area contributed by atoms with Crippen molar-refractivity contribution in [2.75, 3.05) is 6.61 Å². The molecule has 2 nitrogen and oxygen atoms in total. The summed E-state index contributed by atoms with van der Waals surface area (Å²) >= 11 is 0. The van der Waals surface area contributed by atoms with Gasteiger partial charge in [0, 0.05) is 5.54 Å². The first kappa shape index (κ1) is 14.3. The Hall–Kier alpha value is -0.0800. The third-order valence-corrected chi connectivity index (χ3v) is 5.26. The van der Waals surface area contributed by atoms with Gasteiger partial charge in [-0.15, -0.1) is 0 Å². The molecule has 0 aliphatic heterocycles. The number of hydrogen-bond acceptors (Lipinski definition) is 2. The summed E-state index contributed by atoms with van der Waals surface area (Å²) in [4.78, 5) is 0. The zero-order chi connectivity index (χ0) is 13.0. The Kier molecular flexibility index (Phi) is 5.08. The van der Waals surface area contributed by atoms with Crippen LogP contribution in [0.15, 0.2) is 0 Å². The number of hydrogen-bond donors (Lipinski definition) is 1. The van der Waals surface area contributed by atoms with Gasteiger partial charge in [-0.25, -0.2) is 0 Å². The molecule has 0 heterocycles. The summed E-state index contributed by atoms with van der Waals surface area (Å²) in [5.41, 5.74) is 6.49. The monoisotopic (exact) mass is 253 g/mol. The van der Waals surface area contributed by atoms with Gasteiger partial charge < -0.3 is 10.5 Å². The standard InChI is InChI=1S/C16H31NO/c1-13-7-8-15(11-14(13)2)18-12-16(17)9-5-3-4-6-10-16/h13-15H,3-12,17H2,1-2H3. The van der Waals surface area contributed by atoms with Gasteiger partial charge in [0.2, 0.25) is 0 Å². The largest absolute Gasteiger partial charge is 0.376 e. The maximum absolute atomic E-state index is 6.51. The van der Waals surface area contributed by atoms with Crippen LogP contribution in [0.3, 0.4) is 0 Å². The lowest BCUT2D eigenvalue weighted by Gasteiger charge is -2.35. The van der Waals surface area contributed by atoms with E-state index in [0.717, 1.165) is 31.3 Å². The summed E-state index contributed by atoms with van der Waals surface area (Å²) in [5, 5.41) is 0. The molecule has 3 unspecified atom stereocenters. The number of ether oxygens (including phenoxy) is 1. The third-order valence-electron chi connectivity index (χ3n) is 5.26. The molecule has 2 aliphatic carbocycles. The normalized spacial score (nSPS) is 37.2. The Morgan fingerprint density at radius 2 is 1.67 bits per heavy atom. The van der Waals surface area contributed by atoms with Crippen molar-refractivity contribution in [2.45, 2.75) is 83.3 Å². The lowest BCUT2D eigenvalue weighted by atomic mass is 9.80. The summed E-state index contributed by atoms with van der Waals surface area (Å²) in [6, 6.07) is 0. The van der Waals surface area contributed by atoms with E-state index < -0.39 is 0 Å². The molecule has 0 aromatic carbocycles. The Balaban J connectivity index is 1.76. The predicted octanol–water partition coefficient (Wildman–Crippen LogP) is 3.88. The van der Waals surface area contributed by atoms with Gasteiger partial charge in [-0.3, -0.25) is 0 Å². The van der Waals surface area contributed by atoms with Crippen LogP contribution in [0.2, 0.25) is 0 Å². The van der Waals surface area contributed by atoms with Crippen LogP contribution in [0.25, 0.3) is 0 Å². The molecule has 0 bridgehead atoms. The average Bonchev–Trinajstić information content (AvgIpc) is 2.56. The zero-order valence-corrected chi connectivity index (χ0v) is 12.3. The van der Waals surface area contributed by atoms with Crippen LogP contribution < -0.4 is 5.73 Å². The summed E-state index contributed by atoms with van der Waals surface area (Å²) in [6.45, 7) is 5.53. The molecule has 2 heteroatoms. The fourth-order valence-corrected chi connectivity index (χ4v) is 3.51. The van der Waals surface area contributed by atoms with Gasteiger partial charge >= 0.3 is 0 Å². The Morgan fingerprint density at radius 1 is 1.00 bits per heavy atom. The number of nitrogens with two attached hydrogens (primary N) is 1. The highest BCUT2D eigenvalue weighted by molar-refractivity contribution is 4.87. The molecular formula is C16H31NO. The van der Waals surface area contributed by atoms with Gasteiger partial charge in [0.05, 0.1) is 12.7 Å². The fraction of sp³-hybridized carbons (Fsp3) is 1.00. The third kappa shape index (κ3) is 3.96. The first-order valence-corrected chi connectivity index (χ1v) is 7.99. The summed E-state index contributed by atoms with van der Waals surface area (Å²) < 4.78 is 6.17. The van der Waals surface area contributed by atoms with Crippen molar-refractivity contribution in [3.8, 4) is 0 Å². The zero-order valence-electron chi connectivity index (χ0n) is 12.3. The van der Waals surface area contributed by atoms with E-state index in [2.05, 4.69) is 13.8 Å². The van der Waals surface area contributed by atoms with E-state index in [-0.39, 0.29) is 5.54 Å². The summed E-state index contributed by atoms with van der Waals surface area (Å²) in [5.74, 6) is 1.68. The lowest BCUT2D eigenvalue weighted by Crippen LogP contribution is -2.45. The van der Waals surface area contributed by atoms with Crippen LogP contribution >= 0.6 is 0 Å². The maximum atomic E-state index is 6.51. The molecular weight excluding hydrogens is 222 g/mol. The van der Waals surface area contributed by atoms with E-state index in [1.807, 2.05) is 0 Å². The van der Waals surface area contributed by atoms with Gasteiger partial charge in [-0.2, -0.15) is 0 Å². The highest BCUT2D eigenvalue weighted by atomic mass is 16.5. The van der Waals surface area contributed by atoms with Crippen molar-refractivity contribution >= 4 is 0 Å². The molecule has 18 heavy (non-hydrogen) atoms. The van der Waals surface area contributed by atoms with Gasteiger partial charge in [0.1, 0.15) is 0 Å². The first-order chi connectivity index (χ1) is 8.59. The van der Waals surface area contributed by atoms with E-state index >= 15 is 0 Å². The molecule has 2 saturated carbocycles. The molecule has 0 amide bonds. The molecule has 2 fully saturated rings.